The fraction of sp³-hybridized carbons (Fsp3) is 0.250. The van der Waals surface area contributed by atoms with Crippen LogP contribution in [0.25, 0.3) is 16.7 Å². The fourth-order valence-electron chi connectivity index (χ4n) is 2.23. The second-order valence-corrected chi connectivity index (χ2v) is 4.75. The fourth-order valence-corrected chi connectivity index (χ4v) is 2.45. The molecule has 20 heavy (non-hydrogen) atoms. The van der Waals surface area contributed by atoms with Gasteiger partial charge in [0.2, 0.25) is 10.5 Å². The number of aliphatic hydroxyl groups excluding tert-OH is 1. The Labute approximate surface area is 117 Å². The lowest BCUT2D eigenvalue weighted by atomic mass is 10.2. The van der Waals surface area contributed by atoms with Gasteiger partial charge in [-0.2, -0.15) is 0 Å². The monoisotopic (exact) mass is 294 g/mol. The molecule has 0 bridgehead atoms. The third kappa shape index (κ3) is 1.84. The van der Waals surface area contributed by atoms with Gasteiger partial charge in [-0.05, 0) is 36.8 Å². The molecule has 0 saturated heterocycles. The van der Waals surface area contributed by atoms with Crippen LogP contribution in [0.3, 0.4) is 0 Å². The molecule has 0 aliphatic heterocycles. The second-order valence-electron chi connectivity index (χ2n) is 4.36. The van der Waals surface area contributed by atoms with E-state index in [4.69, 9.17) is 17.3 Å². The highest BCUT2D eigenvalue weighted by molar-refractivity contribution is 7.71. The maximum Gasteiger partial charge on any atom is 0.262 e. The van der Waals surface area contributed by atoms with Crippen LogP contribution in [0.4, 0.5) is 4.39 Å². The van der Waals surface area contributed by atoms with E-state index < -0.39 is 5.82 Å². The zero-order chi connectivity index (χ0) is 14.3. The van der Waals surface area contributed by atoms with E-state index in [9.17, 15) is 9.18 Å². The molecule has 0 aliphatic rings. The standard InChI is InChI=1S/C12H11FN4O2S/c13-7-2-3-9-8(6-7)10(19)16(4-1-5-18)11-14-15-12(20)17(9)11/h2-3,6,18H,1,4-5H2,(H,15,20). The minimum atomic E-state index is -0.488. The molecule has 0 fully saturated rings. The van der Waals surface area contributed by atoms with Crippen molar-refractivity contribution in [2.75, 3.05) is 6.61 Å². The minimum Gasteiger partial charge on any atom is -0.396 e. The lowest BCUT2D eigenvalue weighted by Gasteiger charge is -2.09. The topological polar surface area (TPSA) is 75.3 Å². The number of aromatic amines is 1. The van der Waals surface area contributed by atoms with E-state index in [-0.39, 0.29) is 24.1 Å². The van der Waals surface area contributed by atoms with Crippen molar-refractivity contribution < 1.29 is 9.50 Å². The van der Waals surface area contributed by atoms with Crippen molar-refractivity contribution in [1.82, 2.24) is 19.2 Å². The van der Waals surface area contributed by atoms with E-state index in [0.717, 1.165) is 0 Å². The molecule has 3 rings (SSSR count). The Morgan fingerprint density at radius 3 is 3.00 bits per heavy atom. The molecule has 0 atom stereocenters. The highest BCUT2D eigenvalue weighted by atomic mass is 32.1. The van der Waals surface area contributed by atoms with Crippen molar-refractivity contribution in [1.29, 1.82) is 0 Å². The summed E-state index contributed by atoms with van der Waals surface area (Å²) < 4.78 is 16.7. The van der Waals surface area contributed by atoms with Crippen LogP contribution in [0.15, 0.2) is 23.0 Å². The number of H-pyrrole nitrogens is 1. The van der Waals surface area contributed by atoms with Crippen molar-refractivity contribution >= 4 is 28.9 Å². The number of aryl methyl sites for hydroxylation is 1. The van der Waals surface area contributed by atoms with Crippen LogP contribution in [0.5, 0.6) is 0 Å². The normalized spacial score (nSPS) is 11.5. The molecule has 2 N–H and O–H groups in total. The van der Waals surface area contributed by atoms with Crippen LogP contribution in [0.2, 0.25) is 0 Å². The van der Waals surface area contributed by atoms with Crippen molar-refractivity contribution in [3.8, 4) is 0 Å². The number of benzene rings is 1. The van der Waals surface area contributed by atoms with Gasteiger partial charge in [0.25, 0.3) is 5.56 Å². The van der Waals surface area contributed by atoms with E-state index in [1.165, 1.54) is 22.8 Å². The third-order valence-corrected chi connectivity index (χ3v) is 3.38. The Bertz CT molecular complexity index is 911. The molecule has 2 aromatic heterocycles. The van der Waals surface area contributed by atoms with Crippen molar-refractivity contribution in [2.45, 2.75) is 13.0 Å². The first kappa shape index (κ1) is 12.9. The molecule has 0 saturated carbocycles. The predicted octanol–water partition coefficient (Wildman–Crippen LogP) is 1.23. The van der Waals surface area contributed by atoms with E-state index in [0.29, 0.717) is 22.5 Å². The first-order valence-electron chi connectivity index (χ1n) is 6.03. The molecule has 0 aliphatic carbocycles. The van der Waals surface area contributed by atoms with E-state index in [1.807, 2.05) is 0 Å². The summed E-state index contributed by atoms with van der Waals surface area (Å²) >= 11 is 5.15. The molecule has 104 valence electrons. The summed E-state index contributed by atoms with van der Waals surface area (Å²) in [6.45, 7) is 0.232. The van der Waals surface area contributed by atoms with Gasteiger partial charge in [0, 0.05) is 13.2 Å². The first-order valence-corrected chi connectivity index (χ1v) is 6.44. The number of hydrogen-bond donors (Lipinski definition) is 2. The lowest BCUT2D eigenvalue weighted by Crippen LogP contribution is -2.24. The summed E-state index contributed by atoms with van der Waals surface area (Å²) in [5.41, 5.74) is 0.153. The highest BCUT2D eigenvalue weighted by Crippen LogP contribution is 2.14. The summed E-state index contributed by atoms with van der Waals surface area (Å²) in [5.74, 6) is -0.134. The number of hydrogen-bond acceptors (Lipinski definition) is 4. The van der Waals surface area contributed by atoms with Gasteiger partial charge >= 0.3 is 0 Å². The Morgan fingerprint density at radius 2 is 2.25 bits per heavy atom. The second kappa shape index (κ2) is 4.80. The molecular formula is C12H11FN4O2S. The van der Waals surface area contributed by atoms with Gasteiger partial charge in [0.1, 0.15) is 5.82 Å². The van der Waals surface area contributed by atoms with Gasteiger partial charge in [0.15, 0.2) is 0 Å². The molecule has 1 aromatic carbocycles. The first-order chi connectivity index (χ1) is 9.63. The van der Waals surface area contributed by atoms with Crippen LogP contribution in [0.1, 0.15) is 6.42 Å². The van der Waals surface area contributed by atoms with Gasteiger partial charge < -0.3 is 5.11 Å². The molecule has 0 unspecified atom stereocenters. The van der Waals surface area contributed by atoms with Gasteiger partial charge in [-0.25, -0.2) is 9.49 Å². The smallest absolute Gasteiger partial charge is 0.262 e. The highest BCUT2D eigenvalue weighted by Gasteiger charge is 2.13. The van der Waals surface area contributed by atoms with Crippen LogP contribution in [-0.4, -0.2) is 30.9 Å². The number of aromatic nitrogens is 4. The zero-order valence-electron chi connectivity index (χ0n) is 10.3. The summed E-state index contributed by atoms with van der Waals surface area (Å²) in [7, 11) is 0. The number of nitrogens with zero attached hydrogens (tertiary/aromatic N) is 3. The zero-order valence-corrected chi connectivity index (χ0v) is 11.2. The molecule has 8 heteroatoms. The molecule has 3 aromatic rings. The number of nitrogens with one attached hydrogen (secondary N) is 1. The van der Waals surface area contributed by atoms with Gasteiger partial charge in [-0.3, -0.25) is 13.8 Å². The summed E-state index contributed by atoms with van der Waals surface area (Å²) in [5, 5.41) is 15.8. The van der Waals surface area contributed by atoms with Crippen molar-refractivity contribution in [2.24, 2.45) is 0 Å². The SMILES string of the molecule is O=c1c2cc(F)ccc2n2c(=S)[nH]nc2n1CCCO. The number of halogens is 1. The molecule has 0 amide bonds. The van der Waals surface area contributed by atoms with Crippen molar-refractivity contribution in [3.05, 3.63) is 39.1 Å². The maximum absolute atomic E-state index is 13.4. The third-order valence-electron chi connectivity index (χ3n) is 3.11. The van der Waals surface area contributed by atoms with Crippen LogP contribution >= 0.6 is 12.2 Å². The Kier molecular flexibility index (Phi) is 3.11. The largest absolute Gasteiger partial charge is 0.396 e. The number of aliphatic hydroxyl groups is 1. The van der Waals surface area contributed by atoms with E-state index in [1.54, 1.807) is 4.40 Å². The van der Waals surface area contributed by atoms with E-state index >= 15 is 0 Å². The maximum atomic E-state index is 13.4. The average Bonchev–Trinajstić information content (AvgIpc) is 2.81. The lowest BCUT2D eigenvalue weighted by molar-refractivity contribution is 0.279. The molecule has 2 heterocycles. The Balaban J connectivity index is 2.50. The number of rotatable bonds is 3. The predicted molar refractivity (Wildman–Crippen MR) is 73.8 cm³/mol. The van der Waals surface area contributed by atoms with Crippen LogP contribution in [0, 0.1) is 10.6 Å². The average molecular weight is 294 g/mol. The van der Waals surface area contributed by atoms with E-state index in [2.05, 4.69) is 10.2 Å². The van der Waals surface area contributed by atoms with Crippen LogP contribution < -0.4 is 5.56 Å². The van der Waals surface area contributed by atoms with Crippen LogP contribution in [-0.2, 0) is 6.54 Å². The summed E-state index contributed by atoms with van der Waals surface area (Å²) in [6, 6.07) is 3.95. The molecule has 6 nitrogen and oxygen atoms in total. The summed E-state index contributed by atoms with van der Waals surface area (Å²) in [6.07, 6.45) is 0.399. The Morgan fingerprint density at radius 1 is 1.45 bits per heavy atom. The van der Waals surface area contributed by atoms with Gasteiger partial charge in [0.05, 0.1) is 10.9 Å². The molecule has 0 spiro atoms. The molecular weight excluding hydrogens is 283 g/mol. The van der Waals surface area contributed by atoms with Gasteiger partial charge in [-0.15, -0.1) is 5.10 Å². The Hall–Kier alpha value is -2.06. The number of fused-ring (bicyclic) bond motifs is 3. The molecule has 0 radical (unpaired) electrons. The summed E-state index contributed by atoms with van der Waals surface area (Å²) in [4.78, 5) is 12.4. The van der Waals surface area contributed by atoms with Crippen molar-refractivity contribution in [3.63, 3.8) is 0 Å². The quantitative estimate of drug-likeness (QED) is 0.712. The van der Waals surface area contributed by atoms with Gasteiger partial charge in [-0.1, -0.05) is 0 Å². The minimum absolute atomic E-state index is 0.0507.